The molecule has 1 aromatic rings. The molecule has 0 aromatic heterocycles. The first-order chi connectivity index (χ1) is 8.00. The highest BCUT2D eigenvalue weighted by Gasteiger charge is 2.09. The van der Waals surface area contributed by atoms with Gasteiger partial charge in [-0.2, -0.15) is 0 Å². The van der Waals surface area contributed by atoms with Gasteiger partial charge < -0.3 is 10.4 Å². The summed E-state index contributed by atoms with van der Waals surface area (Å²) in [6.45, 7) is 10.2. The summed E-state index contributed by atoms with van der Waals surface area (Å²) in [5.74, 6) is 0.627. The van der Waals surface area contributed by atoms with Crippen LogP contribution in [0.3, 0.4) is 0 Å². The van der Waals surface area contributed by atoms with E-state index in [4.69, 9.17) is 0 Å². The summed E-state index contributed by atoms with van der Waals surface area (Å²) < 4.78 is 0. The molecule has 1 rings (SSSR count). The van der Waals surface area contributed by atoms with Crippen molar-refractivity contribution in [2.45, 2.75) is 40.2 Å². The Morgan fingerprint density at radius 2 is 1.71 bits per heavy atom. The number of aryl methyl sites for hydroxylation is 2. The number of benzene rings is 1. The van der Waals surface area contributed by atoms with E-state index in [-0.39, 0.29) is 6.10 Å². The predicted octanol–water partition coefficient (Wildman–Crippen LogP) is 2.45. The number of hydrogen-bond acceptors (Lipinski definition) is 2. The van der Waals surface area contributed by atoms with Gasteiger partial charge in [0.05, 0.1) is 6.10 Å². The van der Waals surface area contributed by atoms with Gasteiger partial charge in [-0.05, 0) is 43.0 Å². The summed E-state index contributed by atoms with van der Waals surface area (Å²) in [5.41, 5.74) is 3.83. The van der Waals surface area contributed by atoms with Crippen LogP contribution in [0.5, 0.6) is 0 Å². The summed E-state index contributed by atoms with van der Waals surface area (Å²) in [6.07, 6.45) is 0.442. The Bertz CT molecular complexity index is 327. The van der Waals surface area contributed by atoms with Gasteiger partial charge >= 0.3 is 0 Å². The van der Waals surface area contributed by atoms with Crippen molar-refractivity contribution in [3.63, 3.8) is 0 Å². The van der Waals surface area contributed by atoms with Crippen molar-refractivity contribution in [3.8, 4) is 0 Å². The summed E-state index contributed by atoms with van der Waals surface area (Å²) in [7, 11) is 0. The molecular weight excluding hydrogens is 210 g/mol. The third kappa shape index (κ3) is 4.88. The van der Waals surface area contributed by atoms with E-state index in [2.05, 4.69) is 51.2 Å². The number of nitrogens with one attached hydrogen (secondary N) is 1. The maximum absolute atomic E-state index is 10.0. The molecule has 0 radical (unpaired) electrons. The second-order valence-electron chi connectivity index (χ2n) is 5.28. The van der Waals surface area contributed by atoms with Gasteiger partial charge in [0.25, 0.3) is 0 Å². The lowest BCUT2D eigenvalue weighted by atomic mass is 9.97. The van der Waals surface area contributed by atoms with Gasteiger partial charge in [-0.1, -0.05) is 32.0 Å². The van der Waals surface area contributed by atoms with E-state index in [1.54, 1.807) is 0 Å². The molecule has 0 heterocycles. The van der Waals surface area contributed by atoms with Crippen molar-refractivity contribution in [2.24, 2.45) is 5.92 Å². The monoisotopic (exact) mass is 235 g/mol. The van der Waals surface area contributed by atoms with Crippen LogP contribution in [0.4, 0.5) is 0 Å². The first kappa shape index (κ1) is 14.2. The van der Waals surface area contributed by atoms with E-state index in [0.717, 1.165) is 13.0 Å². The second kappa shape index (κ2) is 6.77. The number of rotatable bonds is 6. The molecule has 1 aromatic carbocycles. The van der Waals surface area contributed by atoms with Crippen LogP contribution in [0.25, 0.3) is 0 Å². The van der Waals surface area contributed by atoms with Crippen LogP contribution in [0.15, 0.2) is 18.2 Å². The molecule has 2 N–H and O–H groups in total. The largest absolute Gasteiger partial charge is 0.391 e. The average Bonchev–Trinajstić information content (AvgIpc) is 2.23. The lowest BCUT2D eigenvalue weighted by molar-refractivity contribution is 0.170. The Morgan fingerprint density at radius 1 is 1.12 bits per heavy atom. The summed E-state index contributed by atoms with van der Waals surface area (Å²) in [4.78, 5) is 0. The van der Waals surface area contributed by atoms with E-state index in [0.29, 0.717) is 12.5 Å². The summed E-state index contributed by atoms with van der Waals surface area (Å²) >= 11 is 0. The molecule has 1 unspecified atom stereocenters. The van der Waals surface area contributed by atoms with Crippen LogP contribution in [0, 0.1) is 19.8 Å². The Labute approximate surface area is 105 Å². The molecule has 2 heteroatoms. The molecule has 1 atom stereocenters. The highest BCUT2D eigenvalue weighted by molar-refractivity contribution is 5.33. The molecule has 0 fully saturated rings. The number of aliphatic hydroxyl groups is 1. The van der Waals surface area contributed by atoms with E-state index >= 15 is 0 Å². The van der Waals surface area contributed by atoms with Gasteiger partial charge in [-0.15, -0.1) is 0 Å². The summed E-state index contributed by atoms with van der Waals surface area (Å²) in [6, 6.07) is 6.28. The zero-order valence-electron chi connectivity index (χ0n) is 11.5. The van der Waals surface area contributed by atoms with E-state index in [1.807, 2.05) is 0 Å². The molecule has 0 bridgehead atoms. The molecule has 96 valence electrons. The highest BCUT2D eigenvalue weighted by Crippen LogP contribution is 2.15. The minimum absolute atomic E-state index is 0.298. The zero-order chi connectivity index (χ0) is 12.8. The molecular formula is C15H25NO. The fourth-order valence-electron chi connectivity index (χ4n) is 2.02. The predicted molar refractivity (Wildman–Crippen MR) is 73.3 cm³/mol. The van der Waals surface area contributed by atoms with Crippen LogP contribution >= 0.6 is 0 Å². The SMILES string of the molecule is Cc1cccc(C)c1CC(O)CNCC(C)C. The van der Waals surface area contributed by atoms with Crippen LogP contribution in [0.2, 0.25) is 0 Å². The topological polar surface area (TPSA) is 32.3 Å². The van der Waals surface area contributed by atoms with Crippen LogP contribution in [-0.2, 0) is 6.42 Å². The minimum Gasteiger partial charge on any atom is -0.391 e. The maximum atomic E-state index is 10.0. The molecule has 17 heavy (non-hydrogen) atoms. The molecule has 0 aliphatic heterocycles. The van der Waals surface area contributed by atoms with E-state index in [9.17, 15) is 5.11 Å². The van der Waals surface area contributed by atoms with E-state index in [1.165, 1.54) is 16.7 Å². The standard InChI is InChI=1S/C15H25NO/c1-11(2)9-16-10-14(17)8-15-12(3)6-5-7-13(15)4/h5-7,11,14,16-17H,8-10H2,1-4H3. The van der Waals surface area contributed by atoms with Crippen molar-refractivity contribution < 1.29 is 5.11 Å². The smallest absolute Gasteiger partial charge is 0.0705 e. The van der Waals surface area contributed by atoms with Gasteiger partial charge in [-0.25, -0.2) is 0 Å². The van der Waals surface area contributed by atoms with Crippen LogP contribution < -0.4 is 5.32 Å². The quantitative estimate of drug-likeness (QED) is 0.794. The van der Waals surface area contributed by atoms with Gasteiger partial charge in [0.2, 0.25) is 0 Å². The fourth-order valence-corrected chi connectivity index (χ4v) is 2.02. The Balaban J connectivity index is 2.47. The van der Waals surface area contributed by atoms with Crippen molar-refractivity contribution in [1.29, 1.82) is 0 Å². The molecule has 0 spiro atoms. The number of aliphatic hydroxyl groups excluding tert-OH is 1. The lowest BCUT2D eigenvalue weighted by Crippen LogP contribution is -2.31. The second-order valence-corrected chi connectivity index (χ2v) is 5.28. The van der Waals surface area contributed by atoms with Gasteiger partial charge in [-0.3, -0.25) is 0 Å². The molecule has 0 aliphatic rings. The van der Waals surface area contributed by atoms with Gasteiger partial charge in [0.1, 0.15) is 0 Å². The van der Waals surface area contributed by atoms with Crippen molar-refractivity contribution >= 4 is 0 Å². The van der Waals surface area contributed by atoms with Crippen molar-refractivity contribution in [3.05, 3.63) is 34.9 Å². The Hall–Kier alpha value is -0.860. The van der Waals surface area contributed by atoms with Crippen LogP contribution in [-0.4, -0.2) is 24.3 Å². The van der Waals surface area contributed by atoms with Crippen LogP contribution in [0.1, 0.15) is 30.5 Å². The highest BCUT2D eigenvalue weighted by atomic mass is 16.3. The van der Waals surface area contributed by atoms with Crippen molar-refractivity contribution in [1.82, 2.24) is 5.32 Å². The Morgan fingerprint density at radius 3 is 2.24 bits per heavy atom. The molecule has 0 amide bonds. The first-order valence-electron chi connectivity index (χ1n) is 6.44. The molecule has 0 saturated heterocycles. The van der Waals surface area contributed by atoms with Gasteiger partial charge in [0, 0.05) is 13.0 Å². The minimum atomic E-state index is -0.298. The lowest BCUT2D eigenvalue weighted by Gasteiger charge is -2.16. The zero-order valence-corrected chi connectivity index (χ0v) is 11.5. The molecule has 0 aliphatic carbocycles. The van der Waals surface area contributed by atoms with Crippen molar-refractivity contribution in [2.75, 3.05) is 13.1 Å². The first-order valence-corrected chi connectivity index (χ1v) is 6.44. The molecule has 2 nitrogen and oxygen atoms in total. The van der Waals surface area contributed by atoms with Gasteiger partial charge in [0.15, 0.2) is 0 Å². The number of hydrogen-bond donors (Lipinski definition) is 2. The maximum Gasteiger partial charge on any atom is 0.0705 e. The van der Waals surface area contributed by atoms with E-state index < -0.39 is 0 Å². The average molecular weight is 235 g/mol. The third-order valence-electron chi connectivity index (χ3n) is 3.02. The normalized spacial score (nSPS) is 13.1. The summed E-state index contributed by atoms with van der Waals surface area (Å²) in [5, 5.41) is 13.3. The third-order valence-corrected chi connectivity index (χ3v) is 3.02. The fraction of sp³-hybridized carbons (Fsp3) is 0.600. The molecule has 0 saturated carbocycles. The Kier molecular flexibility index (Phi) is 5.66.